The number of aldehydes is 1. The van der Waals surface area contributed by atoms with Crippen molar-refractivity contribution in [1.29, 1.82) is 0 Å². The average Bonchev–Trinajstić information content (AvgIpc) is 2.66. The topological polar surface area (TPSA) is 54.4 Å². The average molecular weight is 124 g/mol. The van der Waals surface area contributed by atoms with E-state index in [0.717, 1.165) is 6.29 Å². The monoisotopic (exact) mass is 124 g/mol. The Morgan fingerprint density at radius 3 is 2.22 bits per heavy atom. The van der Waals surface area contributed by atoms with Gasteiger partial charge in [0.15, 0.2) is 0 Å². The Bertz CT molecular complexity index is 245. The molecule has 4 fully saturated rings. The number of carboxylic acids is 1. The fourth-order valence-corrected chi connectivity index (χ4v) is 2.35. The molecule has 0 heterocycles. The second-order valence-corrected chi connectivity index (χ2v) is 3.18. The summed E-state index contributed by atoms with van der Waals surface area (Å²) < 4.78 is 0. The summed E-state index contributed by atoms with van der Waals surface area (Å²) in [5.41, 5.74) is -0.826. The fourth-order valence-electron chi connectivity index (χ4n) is 2.35. The van der Waals surface area contributed by atoms with E-state index in [9.17, 15) is 9.59 Å². The Labute approximate surface area is 50.7 Å². The van der Waals surface area contributed by atoms with E-state index < -0.39 is 11.4 Å². The van der Waals surface area contributed by atoms with Crippen molar-refractivity contribution in [2.75, 3.05) is 0 Å². The SMILES string of the molecule is O=CC12C3C1C32C(=O)O. The van der Waals surface area contributed by atoms with E-state index in [-0.39, 0.29) is 17.3 Å². The van der Waals surface area contributed by atoms with Crippen LogP contribution >= 0.6 is 0 Å². The van der Waals surface area contributed by atoms with Crippen molar-refractivity contribution < 1.29 is 14.7 Å². The van der Waals surface area contributed by atoms with Crippen LogP contribution in [0.4, 0.5) is 0 Å². The maximum absolute atomic E-state index is 10.4. The van der Waals surface area contributed by atoms with Gasteiger partial charge in [0.1, 0.15) is 6.29 Å². The number of carbonyl (C=O) groups excluding carboxylic acids is 1. The molecule has 3 nitrogen and oxygen atoms in total. The molecule has 46 valence electrons. The molecule has 0 spiro atoms. The minimum absolute atomic E-state index is 0.264. The summed E-state index contributed by atoms with van der Waals surface area (Å²) in [6.07, 6.45) is 0.830. The van der Waals surface area contributed by atoms with Crippen molar-refractivity contribution in [2.45, 2.75) is 0 Å². The lowest BCUT2D eigenvalue weighted by atomic mass is 10.3. The van der Waals surface area contributed by atoms with Crippen molar-refractivity contribution in [2.24, 2.45) is 22.7 Å². The molecule has 4 saturated carbocycles. The highest BCUT2D eigenvalue weighted by atomic mass is 16.4. The van der Waals surface area contributed by atoms with Gasteiger partial charge in [0.05, 0.1) is 10.8 Å². The van der Waals surface area contributed by atoms with Gasteiger partial charge in [0.25, 0.3) is 0 Å². The van der Waals surface area contributed by atoms with Crippen LogP contribution in [0, 0.1) is 22.7 Å². The molecule has 1 N–H and O–H groups in total. The van der Waals surface area contributed by atoms with Crippen LogP contribution in [-0.4, -0.2) is 17.4 Å². The first-order chi connectivity index (χ1) is 4.24. The largest absolute Gasteiger partial charge is 0.481 e. The van der Waals surface area contributed by atoms with Gasteiger partial charge in [-0.1, -0.05) is 0 Å². The van der Waals surface area contributed by atoms with Crippen molar-refractivity contribution in [3.63, 3.8) is 0 Å². The van der Waals surface area contributed by atoms with Crippen LogP contribution in [0.15, 0.2) is 0 Å². The zero-order chi connectivity index (χ0) is 6.44. The first kappa shape index (κ1) is 4.04. The van der Waals surface area contributed by atoms with Crippen molar-refractivity contribution >= 4 is 12.3 Å². The summed E-state index contributed by atoms with van der Waals surface area (Å²) >= 11 is 0. The summed E-state index contributed by atoms with van der Waals surface area (Å²) in [4.78, 5) is 20.5. The molecule has 0 aromatic rings. The fraction of sp³-hybridized carbons (Fsp3) is 0.667. The van der Waals surface area contributed by atoms with Crippen molar-refractivity contribution in [3.8, 4) is 0 Å². The molecule has 9 heavy (non-hydrogen) atoms. The maximum atomic E-state index is 10.4. The molecule has 0 aromatic carbocycles. The third kappa shape index (κ3) is 0.137. The molecular weight excluding hydrogens is 120 g/mol. The summed E-state index contributed by atoms with van der Waals surface area (Å²) in [7, 11) is 0. The van der Waals surface area contributed by atoms with Gasteiger partial charge in [0, 0.05) is 0 Å². The molecule has 0 bridgehead atoms. The summed E-state index contributed by atoms with van der Waals surface area (Å²) in [6.45, 7) is 0. The molecule has 4 aliphatic rings. The number of hydrogen-bond acceptors (Lipinski definition) is 2. The van der Waals surface area contributed by atoms with Gasteiger partial charge in [-0.3, -0.25) is 4.79 Å². The summed E-state index contributed by atoms with van der Waals surface area (Å²) in [6, 6.07) is 0. The van der Waals surface area contributed by atoms with Crippen LogP contribution in [0.2, 0.25) is 0 Å². The van der Waals surface area contributed by atoms with E-state index in [0.29, 0.717) is 0 Å². The molecule has 0 saturated heterocycles. The van der Waals surface area contributed by atoms with Gasteiger partial charge in [-0.2, -0.15) is 0 Å². The zero-order valence-electron chi connectivity index (χ0n) is 4.50. The molecule has 0 amide bonds. The lowest BCUT2D eigenvalue weighted by Gasteiger charge is -1.79. The van der Waals surface area contributed by atoms with Gasteiger partial charge in [-0.25, -0.2) is 0 Å². The molecule has 2 atom stereocenters. The predicted octanol–water partition coefficient (Wildman–Crippen LogP) is -0.484. The predicted molar refractivity (Wildman–Crippen MR) is 25.5 cm³/mol. The van der Waals surface area contributed by atoms with Crippen LogP contribution in [0.1, 0.15) is 0 Å². The lowest BCUT2D eigenvalue weighted by Crippen LogP contribution is -2.00. The normalized spacial score (nSPS) is 70.2. The Morgan fingerprint density at radius 1 is 1.56 bits per heavy atom. The zero-order valence-corrected chi connectivity index (χ0v) is 4.50. The molecule has 0 radical (unpaired) electrons. The van der Waals surface area contributed by atoms with Crippen LogP contribution in [0.25, 0.3) is 0 Å². The van der Waals surface area contributed by atoms with Gasteiger partial charge >= 0.3 is 5.97 Å². The number of hydrogen-bond donors (Lipinski definition) is 1. The summed E-state index contributed by atoms with van der Waals surface area (Å²) in [5, 5.41) is 8.51. The van der Waals surface area contributed by atoms with Crippen LogP contribution in [0.3, 0.4) is 0 Å². The van der Waals surface area contributed by atoms with E-state index in [1.54, 1.807) is 0 Å². The van der Waals surface area contributed by atoms with Gasteiger partial charge < -0.3 is 9.90 Å². The highest BCUT2D eigenvalue weighted by molar-refractivity contribution is 6.08. The minimum Gasteiger partial charge on any atom is -0.481 e. The number of carbonyl (C=O) groups is 2. The Morgan fingerprint density at radius 2 is 2.11 bits per heavy atom. The maximum Gasteiger partial charge on any atom is 0.311 e. The Balaban J connectivity index is 2.05. The standard InChI is InChI=1S/C6H4O3/c7-1-5-2-3(5)6(2,5)4(8)9/h1-3H,(H,8,9). The first-order valence-electron chi connectivity index (χ1n) is 2.94. The van der Waals surface area contributed by atoms with Crippen molar-refractivity contribution in [3.05, 3.63) is 0 Å². The van der Waals surface area contributed by atoms with E-state index in [4.69, 9.17) is 5.11 Å². The second kappa shape index (κ2) is 0.602. The molecule has 0 aliphatic heterocycles. The molecule has 3 heteroatoms. The van der Waals surface area contributed by atoms with Crippen LogP contribution in [-0.2, 0) is 9.59 Å². The van der Waals surface area contributed by atoms with Gasteiger partial charge in [-0.05, 0) is 11.8 Å². The van der Waals surface area contributed by atoms with Crippen molar-refractivity contribution in [1.82, 2.24) is 0 Å². The Hall–Kier alpha value is -0.860. The molecule has 4 aliphatic carbocycles. The van der Waals surface area contributed by atoms with E-state index >= 15 is 0 Å². The molecule has 0 aromatic heterocycles. The lowest BCUT2D eigenvalue weighted by molar-refractivity contribution is -0.140. The third-order valence-electron chi connectivity index (χ3n) is 3.22. The van der Waals surface area contributed by atoms with E-state index in [1.165, 1.54) is 0 Å². The quantitative estimate of drug-likeness (QED) is 0.505. The number of carboxylic acid groups (broad SMARTS) is 1. The Kier molecular flexibility index (Phi) is 0.270. The summed E-state index contributed by atoms with van der Waals surface area (Å²) in [5.74, 6) is -0.232. The molecular formula is C6H4O3. The number of rotatable bonds is 2. The molecule has 2 unspecified atom stereocenters. The highest BCUT2D eigenvalue weighted by Crippen LogP contribution is 3.17. The van der Waals surface area contributed by atoms with Crippen LogP contribution in [0.5, 0.6) is 0 Å². The highest BCUT2D eigenvalue weighted by Gasteiger charge is 3.23. The first-order valence-corrected chi connectivity index (χ1v) is 2.94. The number of aliphatic carboxylic acids is 1. The van der Waals surface area contributed by atoms with Gasteiger partial charge in [-0.15, -0.1) is 0 Å². The molecule has 4 rings (SSSR count). The minimum atomic E-state index is -0.760. The van der Waals surface area contributed by atoms with E-state index in [1.807, 2.05) is 0 Å². The third-order valence-corrected chi connectivity index (χ3v) is 3.22. The second-order valence-electron chi connectivity index (χ2n) is 3.18. The van der Waals surface area contributed by atoms with Gasteiger partial charge in [0.2, 0.25) is 0 Å². The van der Waals surface area contributed by atoms with Crippen LogP contribution < -0.4 is 0 Å². The van der Waals surface area contributed by atoms with E-state index in [2.05, 4.69) is 0 Å². The smallest absolute Gasteiger partial charge is 0.311 e.